The number of carbonyl (C=O) groups excluding carboxylic acids is 1. The molecule has 2 heterocycles. The van der Waals surface area contributed by atoms with E-state index >= 15 is 0 Å². The SMILES string of the molecule is O=C(CCOc1ccc(F)cc1)N1CCC2(CC1)OCCO2. The topological polar surface area (TPSA) is 48.0 Å². The van der Waals surface area contributed by atoms with Crippen molar-refractivity contribution < 1.29 is 23.4 Å². The average molecular weight is 309 g/mol. The molecule has 0 bridgehead atoms. The number of nitrogens with zero attached hydrogens (tertiary/aromatic N) is 1. The summed E-state index contributed by atoms with van der Waals surface area (Å²) in [4.78, 5) is 14.0. The fourth-order valence-corrected chi connectivity index (χ4v) is 2.83. The van der Waals surface area contributed by atoms with Crippen LogP contribution in [-0.4, -0.2) is 49.5 Å². The first-order valence-corrected chi connectivity index (χ1v) is 7.61. The van der Waals surface area contributed by atoms with Gasteiger partial charge in [-0.05, 0) is 24.3 Å². The average Bonchev–Trinajstić information content (AvgIpc) is 2.98. The Morgan fingerprint density at radius 3 is 2.45 bits per heavy atom. The summed E-state index contributed by atoms with van der Waals surface area (Å²) in [7, 11) is 0. The van der Waals surface area contributed by atoms with Crippen molar-refractivity contribution >= 4 is 5.91 Å². The summed E-state index contributed by atoms with van der Waals surface area (Å²) in [6.07, 6.45) is 1.75. The zero-order valence-electron chi connectivity index (χ0n) is 12.4. The number of rotatable bonds is 4. The van der Waals surface area contributed by atoms with Gasteiger partial charge in [0, 0.05) is 25.9 Å². The molecule has 2 fully saturated rings. The lowest BCUT2D eigenvalue weighted by molar-refractivity contribution is -0.187. The van der Waals surface area contributed by atoms with Gasteiger partial charge in [0.05, 0.1) is 26.2 Å². The highest BCUT2D eigenvalue weighted by atomic mass is 19.1. The molecule has 3 rings (SSSR count). The second-order valence-electron chi connectivity index (χ2n) is 5.54. The van der Waals surface area contributed by atoms with Crippen LogP contribution in [0.5, 0.6) is 5.75 Å². The highest BCUT2D eigenvalue weighted by molar-refractivity contribution is 5.76. The quantitative estimate of drug-likeness (QED) is 0.853. The fraction of sp³-hybridized carbons (Fsp3) is 0.562. The van der Waals surface area contributed by atoms with Gasteiger partial charge in [-0.2, -0.15) is 0 Å². The number of likely N-dealkylation sites (tertiary alicyclic amines) is 1. The molecule has 22 heavy (non-hydrogen) atoms. The van der Waals surface area contributed by atoms with Gasteiger partial charge in [0.1, 0.15) is 11.6 Å². The summed E-state index contributed by atoms with van der Waals surface area (Å²) >= 11 is 0. The minimum absolute atomic E-state index is 0.0648. The van der Waals surface area contributed by atoms with Gasteiger partial charge < -0.3 is 19.1 Å². The van der Waals surface area contributed by atoms with Crippen molar-refractivity contribution in [3.63, 3.8) is 0 Å². The molecule has 0 aromatic heterocycles. The summed E-state index contributed by atoms with van der Waals surface area (Å²) in [5.74, 6) is -0.127. The Balaban J connectivity index is 1.40. The van der Waals surface area contributed by atoms with Crippen LogP contribution in [0.25, 0.3) is 0 Å². The van der Waals surface area contributed by atoms with E-state index in [0.717, 1.165) is 12.8 Å². The number of hydrogen-bond acceptors (Lipinski definition) is 4. The second-order valence-corrected chi connectivity index (χ2v) is 5.54. The lowest BCUT2D eigenvalue weighted by Crippen LogP contribution is -2.47. The standard InChI is InChI=1S/C16H20FNO4/c17-13-1-3-14(4-2-13)20-10-5-15(19)18-8-6-16(7-9-18)21-11-12-22-16/h1-4H,5-12H2. The molecule has 2 aliphatic heterocycles. The van der Waals surface area contributed by atoms with Crippen molar-refractivity contribution in [2.24, 2.45) is 0 Å². The molecule has 0 unspecified atom stereocenters. The smallest absolute Gasteiger partial charge is 0.226 e. The first kappa shape index (κ1) is 15.2. The van der Waals surface area contributed by atoms with Crippen LogP contribution < -0.4 is 4.74 Å². The van der Waals surface area contributed by atoms with Gasteiger partial charge in [0.2, 0.25) is 5.91 Å². The lowest BCUT2D eigenvalue weighted by atomic mass is 10.0. The first-order chi connectivity index (χ1) is 10.7. The maximum atomic E-state index is 12.8. The monoisotopic (exact) mass is 309 g/mol. The molecule has 5 nitrogen and oxygen atoms in total. The number of amides is 1. The van der Waals surface area contributed by atoms with Crippen LogP contribution in [-0.2, 0) is 14.3 Å². The molecule has 2 saturated heterocycles. The highest BCUT2D eigenvalue weighted by Crippen LogP contribution is 2.31. The Kier molecular flexibility index (Phi) is 4.59. The molecule has 0 atom stereocenters. The van der Waals surface area contributed by atoms with Crippen molar-refractivity contribution in [2.75, 3.05) is 32.9 Å². The first-order valence-electron chi connectivity index (χ1n) is 7.61. The number of ether oxygens (including phenoxy) is 3. The third kappa shape index (κ3) is 3.56. The van der Waals surface area contributed by atoms with Crippen LogP contribution in [0.2, 0.25) is 0 Å². The molecule has 0 aliphatic carbocycles. The molecule has 120 valence electrons. The van der Waals surface area contributed by atoms with Crippen molar-refractivity contribution in [2.45, 2.75) is 25.0 Å². The van der Waals surface area contributed by atoms with Crippen molar-refractivity contribution in [1.82, 2.24) is 4.90 Å². The number of halogens is 1. The predicted molar refractivity (Wildman–Crippen MR) is 77.0 cm³/mol. The van der Waals surface area contributed by atoms with Crippen LogP contribution in [0.1, 0.15) is 19.3 Å². The third-order valence-corrected chi connectivity index (χ3v) is 4.09. The molecule has 1 amide bonds. The number of hydrogen-bond donors (Lipinski definition) is 0. The van der Waals surface area contributed by atoms with Crippen molar-refractivity contribution in [1.29, 1.82) is 0 Å². The Hall–Kier alpha value is -1.66. The summed E-state index contributed by atoms with van der Waals surface area (Å²) in [6, 6.07) is 5.78. The van der Waals surface area contributed by atoms with E-state index in [2.05, 4.69) is 0 Å². The second kappa shape index (κ2) is 6.62. The minimum atomic E-state index is -0.457. The van der Waals surface area contributed by atoms with E-state index in [4.69, 9.17) is 14.2 Å². The van der Waals surface area contributed by atoms with E-state index in [0.29, 0.717) is 45.1 Å². The fourth-order valence-electron chi connectivity index (χ4n) is 2.83. The Bertz CT molecular complexity index is 503. The van der Waals surface area contributed by atoms with E-state index in [1.807, 2.05) is 4.90 Å². The third-order valence-electron chi connectivity index (χ3n) is 4.09. The zero-order chi connectivity index (χ0) is 15.4. The number of piperidine rings is 1. The molecule has 6 heteroatoms. The molecule has 1 spiro atoms. The van der Waals surface area contributed by atoms with Crippen LogP contribution >= 0.6 is 0 Å². The van der Waals surface area contributed by atoms with Crippen molar-refractivity contribution in [3.8, 4) is 5.75 Å². The van der Waals surface area contributed by atoms with Gasteiger partial charge in [-0.25, -0.2) is 4.39 Å². The summed E-state index contributed by atoms with van der Waals surface area (Å²) < 4.78 is 29.5. The van der Waals surface area contributed by atoms with Gasteiger partial charge in [0.25, 0.3) is 0 Å². The van der Waals surface area contributed by atoms with Crippen LogP contribution in [0, 0.1) is 5.82 Å². The molecule has 0 saturated carbocycles. The summed E-state index contributed by atoms with van der Waals surface area (Å²) in [5.41, 5.74) is 0. The zero-order valence-corrected chi connectivity index (χ0v) is 12.4. The highest BCUT2D eigenvalue weighted by Gasteiger charge is 2.40. The van der Waals surface area contributed by atoms with Crippen LogP contribution in [0.3, 0.4) is 0 Å². The maximum absolute atomic E-state index is 12.8. The molecule has 0 N–H and O–H groups in total. The summed E-state index contributed by atoms with van der Waals surface area (Å²) in [6.45, 7) is 2.86. The van der Waals surface area contributed by atoms with Crippen molar-refractivity contribution in [3.05, 3.63) is 30.1 Å². The van der Waals surface area contributed by atoms with E-state index in [1.165, 1.54) is 12.1 Å². The van der Waals surface area contributed by atoms with Gasteiger partial charge in [-0.3, -0.25) is 4.79 Å². The molecule has 1 aromatic rings. The van der Waals surface area contributed by atoms with E-state index < -0.39 is 5.79 Å². The van der Waals surface area contributed by atoms with E-state index in [-0.39, 0.29) is 11.7 Å². The normalized spacial score (nSPS) is 20.3. The van der Waals surface area contributed by atoms with Gasteiger partial charge in [-0.1, -0.05) is 0 Å². The maximum Gasteiger partial charge on any atom is 0.226 e. The molecule has 1 aromatic carbocycles. The molecule has 0 radical (unpaired) electrons. The van der Waals surface area contributed by atoms with Gasteiger partial charge in [-0.15, -0.1) is 0 Å². The van der Waals surface area contributed by atoms with Gasteiger partial charge in [0.15, 0.2) is 5.79 Å². The molecular formula is C16H20FNO4. The number of carbonyl (C=O) groups is 1. The Labute approximate surface area is 128 Å². The Morgan fingerprint density at radius 2 is 1.82 bits per heavy atom. The predicted octanol–water partition coefficient (Wildman–Crippen LogP) is 1.96. The van der Waals surface area contributed by atoms with Crippen LogP contribution in [0.4, 0.5) is 4.39 Å². The van der Waals surface area contributed by atoms with Crippen LogP contribution in [0.15, 0.2) is 24.3 Å². The van der Waals surface area contributed by atoms with E-state index in [1.54, 1.807) is 12.1 Å². The minimum Gasteiger partial charge on any atom is -0.493 e. The molecule has 2 aliphatic rings. The Morgan fingerprint density at radius 1 is 1.18 bits per heavy atom. The summed E-state index contributed by atoms with van der Waals surface area (Å²) in [5, 5.41) is 0. The van der Waals surface area contributed by atoms with E-state index in [9.17, 15) is 9.18 Å². The lowest BCUT2D eigenvalue weighted by Gasteiger charge is -2.37. The number of benzene rings is 1. The molecular weight excluding hydrogens is 289 g/mol. The van der Waals surface area contributed by atoms with Gasteiger partial charge >= 0.3 is 0 Å². The largest absolute Gasteiger partial charge is 0.493 e.